The fourth-order valence-electron chi connectivity index (χ4n) is 1.44. The molecular formula is C9H10BrN. The lowest BCUT2D eigenvalue weighted by Gasteiger charge is -1.94. The van der Waals surface area contributed by atoms with Crippen molar-refractivity contribution in [2.45, 2.75) is 6.42 Å². The SMILES string of the molecule is BrC1=CCC2=C(C=C1)CNC2. The largest absolute Gasteiger partial charge is 0.309 e. The molecule has 0 saturated carbocycles. The lowest BCUT2D eigenvalue weighted by molar-refractivity contribution is 0.860. The van der Waals surface area contributed by atoms with Gasteiger partial charge < -0.3 is 5.32 Å². The van der Waals surface area contributed by atoms with Gasteiger partial charge >= 0.3 is 0 Å². The fourth-order valence-corrected chi connectivity index (χ4v) is 1.73. The molecule has 0 spiro atoms. The molecule has 1 heterocycles. The summed E-state index contributed by atoms with van der Waals surface area (Å²) in [5, 5.41) is 3.34. The molecule has 0 atom stereocenters. The second-order valence-electron chi connectivity index (χ2n) is 2.86. The molecule has 0 fully saturated rings. The summed E-state index contributed by atoms with van der Waals surface area (Å²) < 4.78 is 1.20. The molecular weight excluding hydrogens is 202 g/mol. The minimum Gasteiger partial charge on any atom is -0.309 e. The number of rotatable bonds is 0. The summed E-state index contributed by atoms with van der Waals surface area (Å²) in [6.07, 6.45) is 7.62. The highest BCUT2D eigenvalue weighted by atomic mass is 79.9. The van der Waals surface area contributed by atoms with Crippen molar-refractivity contribution in [2.75, 3.05) is 13.1 Å². The quantitative estimate of drug-likeness (QED) is 0.648. The van der Waals surface area contributed by atoms with E-state index in [2.05, 4.69) is 39.5 Å². The number of allylic oxidation sites excluding steroid dienone is 3. The molecule has 2 rings (SSSR count). The Bertz CT molecular complexity index is 261. The fraction of sp³-hybridized carbons (Fsp3) is 0.333. The summed E-state index contributed by atoms with van der Waals surface area (Å²) in [4.78, 5) is 0. The average molecular weight is 212 g/mol. The maximum absolute atomic E-state index is 3.47. The standard InChI is InChI=1S/C9H10BrN/c10-9-3-1-7-5-11-6-8(7)2-4-9/h1,3-4,11H,2,5-6H2. The van der Waals surface area contributed by atoms with Gasteiger partial charge in [0, 0.05) is 17.6 Å². The van der Waals surface area contributed by atoms with Gasteiger partial charge in [0.15, 0.2) is 0 Å². The van der Waals surface area contributed by atoms with Crippen molar-refractivity contribution < 1.29 is 0 Å². The van der Waals surface area contributed by atoms with Crippen molar-refractivity contribution >= 4 is 15.9 Å². The lowest BCUT2D eigenvalue weighted by atomic mass is 10.1. The van der Waals surface area contributed by atoms with Crippen LogP contribution in [0.2, 0.25) is 0 Å². The van der Waals surface area contributed by atoms with E-state index in [4.69, 9.17) is 0 Å². The Hall–Kier alpha value is -0.340. The zero-order valence-corrected chi connectivity index (χ0v) is 7.82. The lowest BCUT2D eigenvalue weighted by Crippen LogP contribution is -2.08. The summed E-state index contributed by atoms with van der Waals surface area (Å²) in [5.74, 6) is 0. The van der Waals surface area contributed by atoms with Crippen LogP contribution in [0.15, 0.2) is 33.9 Å². The molecule has 0 bridgehead atoms. The summed E-state index contributed by atoms with van der Waals surface area (Å²) in [5.41, 5.74) is 3.01. The topological polar surface area (TPSA) is 12.0 Å². The van der Waals surface area contributed by atoms with E-state index < -0.39 is 0 Å². The van der Waals surface area contributed by atoms with Gasteiger partial charge in [-0.15, -0.1) is 0 Å². The molecule has 2 aliphatic rings. The van der Waals surface area contributed by atoms with Gasteiger partial charge in [-0.05, 0) is 23.6 Å². The Morgan fingerprint density at radius 1 is 1.27 bits per heavy atom. The summed E-state index contributed by atoms with van der Waals surface area (Å²) >= 11 is 3.47. The van der Waals surface area contributed by atoms with Gasteiger partial charge in [0.1, 0.15) is 0 Å². The molecule has 0 radical (unpaired) electrons. The van der Waals surface area contributed by atoms with Crippen molar-refractivity contribution in [2.24, 2.45) is 0 Å². The monoisotopic (exact) mass is 211 g/mol. The molecule has 0 aromatic heterocycles. The van der Waals surface area contributed by atoms with Crippen molar-refractivity contribution in [1.29, 1.82) is 0 Å². The third-order valence-corrected chi connectivity index (χ3v) is 2.68. The molecule has 1 aliphatic carbocycles. The van der Waals surface area contributed by atoms with Crippen LogP contribution in [0, 0.1) is 0 Å². The van der Waals surface area contributed by atoms with Crippen molar-refractivity contribution in [3.8, 4) is 0 Å². The van der Waals surface area contributed by atoms with Crippen LogP contribution in [0.25, 0.3) is 0 Å². The first kappa shape index (κ1) is 7.32. The summed E-state index contributed by atoms with van der Waals surface area (Å²) in [6.45, 7) is 2.11. The van der Waals surface area contributed by atoms with Crippen LogP contribution in [-0.4, -0.2) is 13.1 Å². The third-order valence-electron chi connectivity index (χ3n) is 2.10. The molecule has 0 aromatic carbocycles. The Labute approximate surface area is 75.0 Å². The number of halogens is 1. The highest BCUT2D eigenvalue weighted by Crippen LogP contribution is 2.22. The van der Waals surface area contributed by atoms with E-state index in [1.54, 1.807) is 0 Å². The maximum atomic E-state index is 3.47. The molecule has 1 nitrogen and oxygen atoms in total. The van der Waals surface area contributed by atoms with Crippen molar-refractivity contribution in [1.82, 2.24) is 5.32 Å². The number of hydrogen-bond donors (Lipinski definition) is 1. The normalized spacial score (nSPS) is 23.2. The first-order valence-corrected chi connectivity index (χ1v) is 4.61. The molecule has 58 valence electrons. The van der Waals surface area contributed by atoms with Crippen LogP contribution in [-0.2, 0) is 0 Å². The first-order chi connectivity index (χ1) is 5.36. The Morgan fingerprint density at radius 3 is 3.09 bits per heavy atom. The van der Waals surface area contributed by atoms with Gasteiger partial charge in [-0.2, -0.15) is 0 Å². The zero-order valence-electron chi connectivity index (χ0n) is 6.23. The van der Waals surface area contributed by atoms with Crippen molar-refractivity contribution in [3.63, 3.8) is 0 Å². The van der Waals surface area contributed by atoms with E-state index in [9.17, 15) is 0 Å². The minimum absolute atomic E-state index is 1.04. The Kier molecular flexibility index (Phi) is 1.96. The van der Waals surface area contributed by atoms with E-state index in [1.165, 1.54) is 15.6 Å². The van der Waals surface area contributed by atoms with Gasteiger partial charge in [0.05, 0.1) is 0 Å². The third kappa shape index (κ3) is 1.47. The Balaban J connectivity index is 2.28. The van der Waals surface area contributed by atoms with E-state index in [1.807, 2.05) is 0 Å². The second kappa shape index (κ2) is 2.95. The summed E-state index contributed by atoms with van der Waals surface area (Å²) in [6, 6.07) is 0. The zero-order chi connectivity index (χ0) is 7.68. The molecule has 1 aliphatic heterocycles. The summed E-state index contributed by atoms with van der Waals surface area (Å²) in [7, 11) is 0. The predicted molar refractivity (Wildman–Crippen MR) is 50.7 cm³/mol. The molecule has 1 N–H and O–H groups in total. The van der Waals surface area contributed by atoms with E-state index >= 15 is 0 Å². The molecule has 2 heteroatoms. The molecule has 11 heavy (non-hydrogen) atoms. The van der Waals surface area contributed by atoms with Gasteiger partial charge in [-0.25, -0.2) is 0 Å². The number of hydrogen-bond acceptors (Lipinski definition) is 1. The second-order valence-corrected chi connectivity index (χ2v) is 3.77. The first-order valence-electron chi connectivity index (χ1n) is 3.81. The molecule has 0 aromatic rings. The smallest absolute Gasteiger partial charge is 0.0208 e. The van der Waals surface area contributed by atoms with Gasteiger partial charge in [-0.1, -0.05) is 28.1 Å². The van der Waals surface area contributed by atoms with Crippen LogP contribution >= 0.6 is 15.9 Å². The van der Waals surface area contributed by atoms with Gasteiger partial charge in [-0.3, -0.25) is 0 Å². The molecule has 0 amide bonds. The van der Waals surface area contributed by atoms with Crippen LogP contribution in [0.1, 0.15) is 6.42 Å². The van der Waals surface area contributed by atoms with Crippen LogP contribution < -0.4 is 5.32 Å². The minimum atomic E-state index is 1.04. The van der Waals surface area contributed by atoms with Crippen LogP contribution in [0.5, 0.6) is 0 Å². The number of nitrogens with one attached hydrogen (secondary N) is 1. The van der Waals surface area contributed by atoms with Crippen molar-refractivity contribution in [3.05, 3.63) is 33.9 Å². The highest BCUT2D eigenvalue weighted by molar-refractivity contribution is 9.11. The maximum Gasteiger partial charge on any atom is 0.0208 e. The van der Waals surface area contributed by atoms with E-state index in [0.29, 0.717) is 0 Å². The van der Waals surface area contributed by atoms with Crippen LogP contribution in [0.3, 0.4) is 0 Å². The Morgan fingerprint density at radius 2 is 2.18 bits per heavy atom. The highest BCUT2D eigenvalue weighted by Gasteiger charge is 2.11. The predicted octanol–water partition coefficient (Wildman–Crippen LogP) is 2.12. The van der Waals surface area contributed by atoms with Gasteiger partial charge in [0.25, 0.3) is 0 Å². The van der Waals surface area contributed by atoms with Crippen LogP contribution in [0.4, 0.5) is 0 Å². The van der Waals surface area contributed by atoms with Gasteiger partial charge in [0.2, 0.25) is 0 Å². The van der Waals surface area contributed by atoms with E-state index in [-0.39, 0.29) is 0 Å². The molecule has 0 saturated heterocycles. The van der Waals surface area contributed by atoms with E-state index in [0.717, 1.165) is 19.5 Å². The molecule has 0 unspecified atom stereocenters. The average Bonchev–Trinajstić information content (AvgIpc) is 2.38.